The zero-order valence-corrected chi connectivity index (χ0v) is 14.2. The normalized spacial score (nSPS) is 18.3. The molecule has 4 rings (SSSR count). The lowest BCUT2D eigenvalue weighted by Gasteiger charge is -2.33. The van der Waals surface area contributed by atoms with Crippen LogP contribution in [-0.4, -0.2) is 36.9 Å². The number of ether oxygens (including phenoxy) is 1. The number of esters is 1. The SMILES string of the molecule is O=C(OCC(=O)c1cccs1)c1ccc2c(c1)NC(=O)C1CCCN21. The van der Waals surface area contributed by atoms with Gasteiger partial charge in [-0.2, -0.15) is 0 Å². The number of amides is 1. The minimum absolute atomic E-state index is 0.0385. The van der Waals surface area contributed by atoms with Crippen LogP contribution in [0.3, 0.4) is 0 Å². The molecule has 0 spiro atoms. The predicted molar refractivity (Wildman–Crippen MR) is 94.4 cm³/mol. The summed E-state index contributed by atoms with van der Waals surface area (Å²) in [4.78, 5) is 38.9. The maximum atomic E-state index is 12.2. The fourth-order valence-corrected chi connectivity index (χ4v) is 3.93. The first-order valence-electron chi connectivity index (χ1n) is 8.09. The van der Waals surface area contributed by atoms with E-state index in [0.717, 1.165) is 25.1 Å². The lowest BCUT2D eigenvalue weighted by molar-refractivity contribution is -0.117. The predicted octanol–water partition coefficient (Wildman–Crippen LogP) is 2.71. The molecule has 1 fully saturated rings. The van der Waals surface area contributed by atoms with E-state index in [1.165, 1.54) is 11.3 Å². The third-order valence-corrected chi connectivity index (χ3v) is 5.40. The van der Waals surface area contributed by atoms with Crippen molar-refractivity contribution in [3.63, 3.8) is 0 Å². The fraction of sp³-hybridized carbons (Fsp3) is 0.278. The van der Waals surface area contributed by atoms with Crippen molar-refractivity contribution in [1.82, 2.24) is 0 Å². The number of Topliss-reactive ketones (excluding diaryl/α,β-unsaturated/α-hetero) is 1. The van der Waals surface area contributed by atoms with Gasteiger partial charge in [0.05, 0.1) is 21.8 Å². The number of hydrogen-bond donors (Lipinski definition) is 1. The zero-order chi connectivity index (χ0) is 17.4. The molecule has 1 N–H and O–H groups in total. The average molecular weight is 356 g/mol. The van der Waals surface area contributed by atoms with Crippen molar-refractivity contribution in [3.8, 4) is 0 Å². The highest BCUT2D eigenvalue weighted by atomic mass is 32.1. The molecule has 1 amide bonds. The number of rotatable bonds is 4. The molecule has 1 atom stereocenters. The summed E-state index contributed by atoms with van der Waals surface area (Å²) in [5.41, 5.74) is 1.85. The second-order valence-corrected chi connectivity index (χ2v) is 7.00. The van der Waals surface area contributed by atoms with E-state index in [2.05, 4.69) is 10.2 Å². The summed E-state index contributed by atoms with van der Waals surface area (Å²) < 4.78 is 5.11. The fourth-order valence-electron chi connectivity index (χ4n) is 3.28. The second-order valence-electron chi connectivity index (χ2n) is 6.05. The molecule has 1 unspecified atom stereocenters. The van der Waals surface area contributed by atoms with Gasteiger partial charge in [0.15, 0.2) is 6.61 Å². The summed E-state index contributed by atoms with van der Waals surface area (Å²) in [5.74, 6) is -0.844. The topological polar surface area (TPSA) is 75.7 Å². The molecule has 6 nitrogen and oxygen atoms in total. The molecular weight excluding hydrogens is 340 g/mol. The zero-order valence-electron chi connectivity index (χ0n) is 13.4. The van der Waals surface area contributed by atoms with Crippen LogP contribution in [0.2, 0.25) is 0 Å². The monoisotopic (exact) mass is 356 g/mol. The Labute approximate surface area is 148 Å². The van der Waals surface area contributed by atoms with E-state index >= 15 is 0 Å². The van der Waals surface area contributed by atoms with Gasteiger partial charge in [-0.05, 0) is 42.5 Å². The Kier molecular flexibility index (Phi) is 4.01. The second kappa shape index (κ2) is 6.33. The number of nitrogens with zero attached hydrogens (tertiary/aromatic N) is 1. The van der Waals surface area contributed by atoms with E-state index < -0.39 is 5.97 Å². The minimum Gasteiger partial charge on any atom is -0.454 e. The maximum absolute atomic E-state index is 12.2. The summed E-state index contributed by atoms with van der Waals surface area (Å²) in [7, 11) is 0. The molecule has 3 heterocycles. The number of carbonyl (C=O) groups excluding carboxylic acids is 3. The first kappa shape index (κ1) is 15.8. The highest BCUT2D eigenvalue weighted by Gasteiger charge is 2.36. The molecular formula is C18H16N2O4S. The van der Waals surface area contributed by atoms with Gasteiger partial charge in [0.25, 0.3) is 0 Å². The Balaban J connectivity index is 1.48. The number of hydrogen-bond acceptors (Lipinski definition) is 6. The molecule has 0 aliphatic carbocycles. The molecule has 25 heavy (non-hydrogen) atoms. The van der Waals surface area contributed by atoms with Crippen LogP contribution >= 0.6 is 11.3 Å². The van der Waals surface area contributed by atoms with Crippen molar-refractivity contribution < 1.29 is 19.1 Å². The third kappa shape index (κ3) is 2.91. The Hall–Kier alpha value is -2.67. The smallest absolute Gasteiger partial charge is 0.338 e. The summed E-state index contributed by atoms with van der Waals surface area (Å²) in [6.45, 7) is 0.543. The molecule has 0 saturated carbocycles. The summed E-state index contributed by atoms with van der Waals surface area (Å²) in [6, 6.07) is 8.46. The standard InChI is InChI=1S/C18H16N2O4S/c21-15(16-4-2-8-25-16)10-24-18(23)11-5-6-13-12(9-11)19-17(22)14-3-1-7-20(13)14/h2,4-6,8-9,14H,1,3,7,10H2,(H,19,22). The number of ketones is 1. The van der Waals surface area contributed by atoms with Crippen LogP contribution in [-0.2, 0) is 9.53 Å². The van der Waals surface area contributed by atoms with Crippen molar-refractivity contribution in [2.75, 3.05) is 23.4 Å². The van der Waals surface area contributed by atoms with Crippen molar-refractivity contribution in [2.24, 2.45) is 0 Å². The van der Waals surface area contributed by atoms with Gasteiger partial charge in [-0.3, -0.25) is 9.59 Å². The quantitative estimate of drug-likeness (QED) is 0.673. The number of nitrogens with one attached hydrogen (secondary N) is 1. The van der Waals surface area contributed by atoms with Crippen LogP contribution in [0.1, 0.15) is 32.9 Å². The molecule has 2 aliphatic rings. The van der Waals surface area contributed by atoms with Gasteiger partial charge in [0.1, 0.15) is 6.04 Å². The molecule has 2 aromatic rings. The van der Waals surface area contributed by atoms with Crippen LogP contribution in [0.15, 0.2) is 35.7 Å². The lowest BCUT2D eigenvalue weighted by atomic mass is 10.1. The molecule has 1 aromatic carbocycles. The van der Waals surface area contributed by atoms with Gasteiger partial charge in [0.2, 0.25) is 11.7 Å². The number of carbonyl (C=O) groups is 3. The highest BCUT2D eigenvalue weighted by Crippen LogP contribution is 2.37. The van der Waals surface area contributed by atoms with Gasteiger partial charge in [-0.25, -0.2) is 4.79 Å². The molecule has 1 saturated heterocycles. The van der Waals surface area contributed by atoms with Crippen molar-refractivity contribution in [3.05, 3.63) is 46.2 Å². The number of thiophene rings is 1. The summed E-state index contributed by atoms with van der Waals surface area (Å²) >= 11 is 1.31. The largest absolute Gasteiger partial charge is 0.454 e. The van der Waals surface area contributed by atoms with Gasteiger partial charge < -0.3 is 15.0 Å². The van der Waals surface area contributed by atoms with Crippen LogP contribution in [0.5, 0.6) is 0 Å². The van der Waals surface area contributed by atoms with E-state index in [0.29, 0.717) is 16.1 Å². The van der Waals surface area contributed by atoms with Gasteiger partial charge in [0, 0.05) is 6.54 Å². The molecule has 0 radical (unpaired) electrons. The molecule has 2 aliphatic heterocycles. The lowest BCUT2D eigenvalue weighted by Crippen LogP contribution is -2.43. The van der Waals surface area contributed by atoms with E-state index in [9.17, 15) is 14.4 Å². The van der Waals surface area contributed by atoms with Gasteiger partial charge >= 0.3 is 5.97 Å². The van der Waals surface area contributed by atoms with E-state index in [1.54, 1.807) is 29.6 Å². The Morgan fingerprint density at radius 1 is 1.32 bits per heavy atom. The number of benzene rings is 1. The average Bonchev–Trinajstić information content (AvgIpc) is 3.30. The molecule has 0 bridgehead atoms. The van der Waals surface area contributed by atoms with E-state index in [-0.39, 0.29) is 24.3 Å². The van der Waals surface area contributed by atoms with E-state index in [4.69, 9.17) is 4.74 Å². The summed E-state index contributed by atoms with van der Waals surface area (Å²) in [5, 5.41) is 4.66. The van der Waals surface area contributed by atoms with Crippen LogP contribution in [0.25, 0.3) is 0 Å². The Morgan fingerprint density at radius 2 is 2.20 bits per heavy atom. The Morgan fingerprint density at radius 3 is 3.00 bits per heavy atom. The molecule has 1 aromatic heterocycles. The van der Waals surface area contributed by atoms with Crippen LogP contribution < -0.4 is 10.2 Å². The summed E-state index contributed by atoms with van der Waals surface area (Å²) in [6.07, 6.45) is 1.83. The molecule has 128 valence electrons. The molecule has 7 heteroatoms. The van der Waals surface area contributed by atoms with Gasteiger partial charge in [-0.15, -0.1) is 11.3 Å². The van der Waals surface area contributed by atoms with Gasteiger partial charge in [-0.1, -0.05) is 6.07 Å². The Bertz CT molecular complexity index is 847. The first-order valence-corrected chi connectivity index (χ1v) is 8.97. The maximum Gasteiger partial charge on any atom is 0.338 e. The number of fused-ring (bicyclic) bond motifs is 3. The first-order chi connectivity index (χ1) is 12.1. The van der Waals surface area contributed by atoms with Crippen LogP contribution in [0.4, 0.5) is 11.4 Å². The van der Waals surface area contributed by atoms with Crippen molar-refractivity contribution in [1.29, 1.82) is 0 Å². The highest BCUT2D eigenvalue weighted by molar-refractivity contribution is 7.12. The minimum atomic E-state index is -0.578. The van der Waals surface area contributed by atoms with Crippen LogP contribution in [0, 0.1) is 0 Å². The number of anilines is 2. The third-order valence-electron chi connectivity index (χ3n) is 4.49. The van der Waals surface area contributed by atoms with E-state index in [1.807, 2.05) is 6.07 Å². The van der Waals surface area contributed by atoms with Crippen molar-refractivity contribution >= 4 is 40.4 Å². The van der Waals surface area contributed by atoms with Crippen molar-refractivity contribution in [2.45, 2.75) is 18.9 Å².